The second-order valence-electron chi connectivity index (χ2n) is 7.11. The maximum Gasteiger partial charge on any atom is 0.191 e. The predicted molar refractivity (Wildman–Crippen MR) is 121 cm³/mol. The normalized spacial score (nSPS) is 20.8. The minimum atomic E-state index is 0. The first-order valence-corrected chi connectivity index (χ1v) is 9.46. The highest BCUT2D eigenvalue weighted by Gasteiger charge is 2.31. The molecule has 1 saturated heterocycles. The zero-order chi connectivity index (χ0) is 18.2. The summed E-state index contributed by atoms with van der Waals surface area (Å²) < 4.78 is 5.56. The van der Waals surface area contributed by atoms with E-state index >= 15 is 0 Å². The topological polar surface area (TPSA) is 48.9 Å². The SMILES string of the molecule is CCOc1cccc(CCNC(=NC)NC2CN(C(C)C)CC2C)c1.I. The zero-order valence-corrected chi connectivity index (χ0v) is 19.1. The van der Waals surface area contributed by atoms with E-state index in [1.54, 1.807) is 0 Å². The van der Waals surface area contributed by atoms with Crippen molar-refractivity contribution in [2.24, 2.45) is 10.9 Å². The van der Waals surface area contributed by atoms with Gasteiger partial charge in [-0.25, -0.2) is 0 Å². The van der Waals surface area contributed by atoms with Crippen molar-refractivity contribution in [2.45, 2.75) is 46.2 Å². The second-order valence-corrected chi connectivity index (χ2v) is 7.11. The zero-order valence-electron chi connectivity index (χ0n) is 16.8. The molecule has 1 fully saturated rings. The average Bonchev–Trinajstić information content (AvgIpc) is 2.96. The lowest BCUT2D eigenvalue weighted by Gasteiger charge is -2.22. The fourth-order valence-electron chi connectivity index (χ4n) is 3.27. The lowest BCUT2D eigenvalue weighted by atomic mass is 10.1. The summed E-state index contributed by atoms with van der Waals surface area (Å²) in [7, 11) is 1.84. The first kappa shape index (κ1) is 23.0. The molecular weight excluding hydrogens is 439 g/mol. The van der Waals surface area contributed by atoms with Crippen molar-refractivity contribution >= 4 is 29.9 Å². The van der Waals surface area contributed by atoms with Crippen LogP contribution in [0.2, 0.25) is 0 Å². The number of likely N-dealkylation sites (tertiary alicyclic amines) is 1. The highest BCUT2D eigenvalue weighted by atomic mass is 127. The smallest absolute Gasteiger partial charge is 0.191 e. The highest BCUT2D eigenvalue weighted by molar-refractivity contribution is 14.0. The number of benzene rings is 1. The standard InChI is InChI=1S/C20H34N4O.HI/c1-6-25-18-9-7-8-17(12-18)10-11-22-20(21-5)23-19-14-24(15(2)3)13-16(19)4;/h7-9,12,15-16,19H,6,10-11,13-14H2,1-5H3,(H2,21,22,23);1H. The summed E-state index contributed by atoms with van der Waals surface area (Å²) in [6, 6.07) is 9.36. The molecule has 2 unspecified atom stereocenters. The quantitative estimate of drug-likeness (QED) is 0.362. The Labute approximate surface area is 176 Å². The maximum absolute atomic E-state index is 5.56. The van der Waals surface area contributed by atoms with Gasteiger partial charge in [-0.1, -0.05) is 19.1 Å². The van der Waals surface area contributed by atoms with E-state index in [1.165, 1.54) is 5.56 Å². The number of guanidine groups is 1. The van der Waals surface area contributed by atoms with E-state index < -0.39 is 0 Å². The molecule has 0 radical (unpaired) electrons. The van der Waals surface area contributed by atoms with E-state index in [0.29, 0.717) is 24.6 Å². The number of ether oxygens (including phenoxy) is 1. The van der Waals surface area contributed by atoms with Crippen LogP contribution in [0.4, 0.5) is 0 Å². The van der Waals surface area contributed by atoms with Crippen LogP contribution in [0.15, 0.2) is 29.3 Å². The Balaban J connectivity index is 0.00000338. The molecule has 0 bridgehead atoms. The molecule has 0 aliphatic carbocycles. The van der Waals surface area contributed by atoms with Crippen molar-refractivity contribution in [1.82, 2.24) is 15.5 Å². The summed E-state index contributed by atoms with van der Waals surface area (Å²) >= 11 is 0. The van der Waals surface area contributed by atoms with Gasteiger partial charge in [0.05, 0.1) is 6.61 Å². The molecule has 6 heteroatoms. The molecule has 0 aromatic heterocycles. The van der Waals surface area contributed by atoms with Gasteiger partial charge in [0.2, 0.25) is 0 Å². The van der Waals surface area contributed by atoms with Crippen LogP contribution in [0.3, 0.4) is 0 Å². The Morgan fingerprint density at radius 2 is 2.12 bits per heavy atom. The molecule has 5 nitrogen and oxygen atoms in total. The van der Waals surface area contributed by atoms with Crippen LogP contribution in [-0.2, 0) is 6.42 Å². The molecule has 0 amide bonds. The van der Waals surface area contributed by atoms with Crippen molar-refractivity contribution in [1.29, 1.82) is 0 Å². The van der Waals surface area contributed by atoms with Crippen LogP contribution in [-0.4, -0.2) is 56.2 Å². The van der Waals surface area contributed by atoms with Gasteiger partial charge < -0.3 is 15.4 Å². The number of hydrogen-bond acceptors (Lipinski definition) is 3. The monoisotopic (exact) mass is 474 g/mol. The molecule has 1 aliphatic heterocycles. The lowest BCUT2D eigenvalue weighted by molar-refractivity contribution is 0.265. The summed E-state index contributed by atoms with van der Waals surface area (Å²) in [5.74, 6) is 2.46. The van der Waals surface area contributed by atoms with E-state index in [-0.39, 0.29) is 24.0 Å². The molecule has 2 N–H and O–H groups in total. The Morgan fingerprint density at radius 3 is 2.73 bits per heavy atom. The fourth-order valence-corrected chi connectivity index (χ4v) is 3.27. The summed E-state index contributed by atoms with van der Waals surface area (Å²) in [5, 5.41) is 7.03. The minimum absolute atomic E-state index is 0. The van der Waals surface area contributed by atoms with E-state index in [0.717, 1.165) is 37.8 Å². The van der Waals surface area contributed by atoms with Crippen LogP contribution < -0.4 is 15.4 Å². The van der Waals surface area contributed by atoms with E-state index in [2.05, 4.69) is 53.4 Å². The van der Waals surface area contributed by atoms with Crippen molar-refractivity contribution in [2.75, 3.05) is 33.3 Å². The van der Waals surface area contributed by atoms with Gasteiger partial charge in [-0.2, -0.15) is 0 Å². The summed E-state index contributed by atoms with van der Waals surface area (Å²) in [4.78, 5) is 6.91. The van der Waals surface area contributed by atoms with Crippen LogP contribution in [0.25, 0.3) is 0 Å². The van der Waals surface area contributed by atoms with Crippen molar-refractivity contribution < 1.29 is 4.74 Å². The van der Waals surface area contributed by atoms with E-state index in [4.69, 9.17) is 4.74 Å². The molecule has 1 heterocycles. The van der Waals surface area contributed by atoms with Crippen molar-refractivity contribution in [3.63, 3.8) is 0 Å². The third-order valence-electron chi connectivity index (χ3n) is 4.83. The predicted octanol–water partition coefficient (Wildman–Crippen LogP) is 3.14. The average molecular weight is 474 g/mol. The molecule has 1 aromatic rings. The molecule has 2 rings (SSSR count). The molecule has 0 spiro atoms. The van der Waals surface area contributed by atoms with Crippen molar-refractivity contribution in [3.05, 3.63) is 29.8 Å². The number of hydrogen-bond donors (Lipinski definition) is 2. The van der Waals surface area contributed by atoms with Gasteiger partial charge in [-0.05, 0) is 50.8 Å². The Hall–Kier alpha value is -1.02. The largest absolute Gasteiger partial charge is 0.494 e. The number of nitrogens with one attached hydrogen (secondary N) is 2. The van der Waals surface area contributed by atoms with Crippen LogP contribution in [0, 0.1) is 5.92 Å². The minimum Gasteiger partial charge on any atom is -0.494 e. The molecule has 1 aliphatic rings. The number of rotatable bonds is 7. The van der Waals surface area contributed by atoms with Crippen molar-refractivity contribution in [3.8, 4) is 5.75 Å². The third kappa shape index (κ3) is 6.95. The Bertz CT molecular complexity index is 564. The first-order chi connectivity index (χ1) is 12.0. The second kappa shape index (κ2) is 11.6. The van der Waals surface area contributed by atoms with Gasteiger partial charge in [0.15, 0.2) is 5.96 Å². The molecule has 2 atom stereocenters. The van der Waals surface area contributed by atoms with Crippen LogP contribution in [0.1, 0.15) is 33.3 Å². The first-order valence-electron chi connectivity index (χ1n) is 9.46. The van der Waals surface area contributed by atoms with E-state index in [9.17, 15) is 0 Å². The molecule has 148 valence electrons. The van der Waals surface area contributed by atoms with Gasteiger partial charge in [0, 0.05) is 38.8 Å². The Morgan fingerprint density at radius 1 is 1.35 bits per heavy atom. The molecular formula is C20H35IN4O. The third-order valence-corrected chi connectivity index (χ3v) is 4.83. The van der Waals surface area contributed by atoms with Crippen LogP contribution >= 0.6 is 24.0 Å². The van der Waals surface area contributed by atoms with Gasteiger partial charge in [-0.3, -0.25) is 9.89 Å². The molecule has 1 aromatic carbocycles. The number of nitrogens with zero attached hydrogens (tertiary/aromatic N) is 2. The van der Waals surface area contributed by atoms with Gasteiger partial charge >= 0.3 is 0 Å². The number of aliphatic imine (C=N–C) groups is 1. The summed E-state index contributed by atoms with van der Waals surface area (Å²) in [5.41, 5.74) is 1.27. The fraction of sp³-hybridized carbons (Fsp3) is 0.650. The number of halogens is 1. The highest BCUT2D eigenvalue weighted by Crippen LogP contribution is 2.18. The van der Waals surface area contributed by atoms with Gasteiger partial charge in [0.25, 0.3) is 0 Å². The summed E-state index contributed by atoms with van der Waals surface area (Å²) in [6.07, 6.45) is 0.944. The Kier molecular flexibility index (Phi) is 10.3. The van der Waals surface area contributed by atoms with E-state index in [1.807, 2.05) is 26.1 Å². The molecule has 26 heavy (non-hydrogen) atoms. The van der Waals surface area contributed by atoms with Crippen LogP contribution in [0.5, 0.6) is 5.75 Å². The molecule has 0 saturated carbocycles. The van der Waals surface area contributed by atoms with Gasteiger partial charge in [0.1, 0.15) is 5.75 Å². The summed E-state index contributed by atoms with van der Waals surface area (Å²) in [6.45, 7) is 12.6. The maximum atomic E-state index is 5.56. The lowest BCUT2D eigenvalue weighted by Crippen LogP contribution is -2.47. The van der Waals surface area contributed by atoms with Gasteiger partial charge in [-0.15, -0.1) is 24.0 Å².